The first-order valence-electron chi connectivity index (χ1n) is 14.8. The van der Waals surface area contributed by atoms with Crippen LogP contribution >= 0.6 is 23.2 Å². The van der Waals surface area contributed by atoms with Crippen molar-refractivity contribution in [3.8, 4) is 5.75 Å². The number of amides is 2. The average molecular weight is 696 g/mol. The zero-order valence-corrected chi connectivity index (χ0v) is 27.9. The number of halogens is 5. The van der Waals surface area contributed by atoms with Crippen LogP contribution in [0, 0.1) is 5.92 Å². The monoisotopic (exact) mass is 694 g/mol. The number of hydrogen-bond donors (Lipinski definition) is 2. The van der Waals surface area contributed by atoms with E-state index in [9.17, 15) is 27.6 Å². The Morgan fingerprint density at radius 2 is 1.72 bits per heavy atom. The molecule has 0 unspecified atom stereocenters. The van der Waals surface area contributed by atoms with E-state index in [1.807, 2.05) is 13.5 Å². The third kappa shape index (κ3) is 7.36. The van der Waals surface area contributed by atoms with Crippen LogP contribution in [0.4, 0.5) is 19.1 Å². The van der Waals surface area contributed by atoms with Gasteiger partial charge in [0.1, 0.15) is 5.75 Å². The van der Waals surface area contributed by atoms with E-state index in [4.69, 9.17) is 28.2 Å². The molecule has 5 rings (SSSR count). The third-order valence-electron chi connectivity index (χ3n) is 8.57. The van der Waals surface area contributed by atoms with Gasteiger partial charge in [-0.2, -0.15) is 0 Å². The van der Waals surface area contributed by atoms with Gasteiger partial charge in [-0.05, 0) is 81.1 Å². The van der Waals surface area contributed by atoms with E-state index in [1.54, 1.807) is 40.8 Å². The summed E-state index contributed by atoms with van der Waals surface area (Å²) >= 11 is 12.2. The number of nitrogens with one attached hydrogen (secondary N) is 2. The van der Waals surface area contributed by atoms with Crippen LogP contribution in [0.1, 0.15) is 60.3 Å². The summed E-state index contributed by atoms with van der Waals surface area (Å²) in [5.74, 6) is -0.432. The molecular formula is C31H33Cl2F3N5O4Si. The Balaban J connectivity index is 1.48. The average Bonchev–Trinajstić information content (AvgIpc) is 3.01. The van der Waals surface area contributed by atoms with Gasteiger partial charge in [0.15, 0.2) is 5.95 Å². The molecule has 0 bridgehead atoms. The third-order valence-corrected chi connectivity index (χ3v) is 11.1. The van der Waals surface area contributed by atoms with Gasteiger partial charge >= 0.3 is 6.36 Å². The Labute approximate surface area is 275 Å². The van der Waals surface area contributed by atoms with Gasteiger partial charge in [0.05, 0.1) is 22.3 Å². The number of benzene rings is 2. The van der Waals surface area contributed by atoms with Gasteiger partial charge in [-0.25, -0.2) is 4.98 Å². The van der Waals surface area contributed by atoms with Gasteiger partial charge in [-0.3, -0.25) is 19.0 Å². The molecule has 1 aromatic heterocycles. The van der Waals surface area contributed by atoms with Crippen molar-refractivity contribution >= 4 is 55.1 Å². The summed E-state index contributed by atoms with van der Waals surface area (Å²) in [4.78, 5) is 50.0. The molecule has 1 radical (unpaired) electrons. The van der Waals surface area contributed by atoms with Crippen molar-refractivity contribution in [2.75, 3.05) is 12.0 Å². The summed E-state index contributed by atoms with van der Waals surface area (Å²) in [5.41, 5.74) is 1.16. The Bertz CT molecular complexity index is 1680. The van der Waals surface area contributed by atoms with Crippen LogP contribution in [0.25, 0.3) is 0 Å². The number of hydrogen-bond acceptors (Lipinski definition) is 6. The molecule has 1 aliphatic heterocycles. The van der Waals surface area contributed by atoms with E-state index in [0.717, 1.165) is 5.19 Å². The second-order valence-corrected chi connectivity index (χ2v) is 14.5. The Morgan fingerprint density at radius 3 is 2.33 bits per heavy atom. The predicted molar refractivity (Wildman–Crippen MR) is 171 cm³/mol. The molecule has 1 aliphatic carbocycles. The highest BCUT2D eigenvalue weighted by atomic mass is 35.5. The molecule has 1 saturated carbocycles. The van der Waals surface area contributed by atoms with E-state index in [0.29, 0.717) is 59.9 Å². The number of ether oxygens (including phenoxy) is 1. The standard InChI is InChI=1S/C31H33Cl2F3N5O4Si/c1-17-14-23-26(16-40(17)28(43)19-6-13-24(32)25(33)15-19)38-30(39-46(3)22-11-9-21(10-12-22)45-31(34,35)36)41(29(23)44)20-7-4-18(5-8-20)27(42)37-2/h6,9-13,15,17-18,20H,4-5,7-8,14,16H2,1-3H3,(H,37,42)(H,38,39)/t17-,18?,20?/m1/s1. The van der Waals surface area contributed by atoms with Gasteiger partial charge in [-0.15, -0.1) is 13.2 Å². The molecule has 3 aromatic rings. The molecule has 0 saturated heterocycles. The maximum absolute atomic E-state index is 14.2. The van der Waals surface area contributed by atoms with Gasteiger partial charge < -0.3 is 19.9 Å². The number of anilines is 1. The predicted octanol–water partition coefficient (Wildman–Crippen LogP) is 5.45. The van der Waals surface area contributed by atoms with Crippen molar-refractivity contribution < 1.29 is 27.5 Å². The molecule has 2 amide bonds. The molecule has 2 aromatic carbocycles. The lowest BCUT2D eigenvalue weighted by atomic mass is 9.85. The minimum atomic E-state index is -4.80. The summed E-state index contributed by atoms with van der Waals surface area (Å²) in [6.07, 6.45) is -2.08. The van der Waals surface area contributed by atoms with Gasteiger partial charge in [0.25, 0.3) is 11.5 Å². The van der Waals surface area contributed by atoms with Gasteiger partial charge in [0.2, 0.25) is 14.9 Å². The molecule has 1 fully saturated rings. The number of aromatic nitrogens is 2. The highest BCUT2D eigenvalue weighted by Gasteiger charge is 2.35. The Kier molecular flexibility index (Phi) is 10.0. The summed E-state index contributed by atoms with van der Waals surface area (Å²) < 4.78 is 43.7. The van der Waals surface area contributed by atoms with Crippen LogP contribution in [0.2, 0.25) is 16.6 Å². The molecule has 2 aliphatic rings. The molecule has 245 valence electrons. The van der Waals surface area contributed by atoms with Gasteiger partial charge in [-0.1, -0.05) is 35.3 Å². The van der Waals surface area contributed by atoms with E-state index >= 15 is 0 Å². The molecular weight excluding hydrogens is 662 g/mol. The molecule has 9 nitrogen and oxygen atoms in total. The minimum absolute atomic E-state index is 0.0229. The van der Waals surface area contributed by atoms with Crippen molar-refractivity contribution in [3.05, 3.63) is 79.7 Å². The minimum Gasteiger partial charge on any atom is -0.406 e. The number of alkyl halides is 3. The van der Waals surface area contributed by atoms with Crippen molar-refractivity contribution in [2.45, 2.75) is 70.6 Å². The zero-order chi connectivity index (χ0) is 33.3. The highest BCUT2D eigenvalue weighted by Crippen LogP contribution is 2.34. The second-order valence-electron chi connectivity index (χ2n) is 11.6. The van der Waals surface area contributed by atoms with E-state index < -0.39 is 15.3 Å². The Morgan fingerprint density at radius 1 is 1.04 bits per heavy atom. The summed E-state index contributed by atoms with van der Waals surface area (Å²) in [6, 6.07) is 9.76. The van der Waals surface area contributed by atoms with E-state index in [-0.39, 0.29) is 52.7 Å². The lowest BCUT2D eigenvalue weighted by Gasteiger charge is -2.36. The highest BCUT2D eigenvalue weighted by molar-refractivity contribution is 6.74. The first kappa shape index (κ1) is 33.8. The topological polar surface area (TPSA) is 106 Å². The van der Waals surface area contributed by atoms with Gasteiger partial charge in [0, 0.05) is 36.2 Å². The molecule has 46 heavy (non-hydrogen) atoms. The number of fused-ring (bicyclic) bond motifs is 1. The van der Waals surface area contributed by atoms with Crippen LogP contribution in [-0.2, 0) is 17.8 Å². The van der Waals surface area contributed by atoms with Crippen LogP contribution in [0.3, 0.4) is 0 Å². The molecule has 15 heteroatoms. The lowest BCUT2D eigenvalue weighted by molar-refractivity contribution is -0.274. The van der Waals surface area contributed by atoms with Crippen LogP contribution < -0.4 is 25.8 Å². The maximum atomic E-state index is 14.2. The maximum Gasteiger partial charge on any atom is 0.573 e. The summed E-state index contributed by atoms with van der Waals surface area (Å²) in [7, 11) is -0.0724. The smallest absolute Gasteiger partial charge is 0.406 e. The van der Waals surface area contributed by atoms with Crippen molar-refractivity contribution in [1.29, 1.82) is 0 Å². The van der Waals surface area contributed by atoms with E-state index in [2.05, 4.69) is 15.0 Å². The molecule has 1 atom stereocenters. The summed E-state index contributed by atoms with van der Waals surface area (Å²) in [6.45, 7) is 3.88. The molecule has 0 spiro atoms. The zero-order valence-electron chi connectivity index (χ0n) is 25.4. The number of carbonyl (C=O) groups is 2. The van der Waals surface area contributed by atoms with E-state index in [1.165, 1.54) is 18.2 Å². The van der Waals surface area contributed by atoms with Crippen LogP contribution in [-0.4, -0.2) is 54.7 Å². The number of carbonyl (C=O) groups excluding carboxylic acids is 2. The fourth-order valence-corrected chi connectivity index (χ4v) is 7.73. The molecule has 2 N–H and O–H groups in total. The number of rotatable bonds is 7. The second kappa shape index (κ2) is 13.7. The largest absolute Gasteiger partial charge is 0.573 e. The fourth-order valence-electron chi connectivity index (χ4n) is 6.11. The fraction of sp³-hybridized carbons (Fsp3) is 0.419. The van der Waals surface area contributed by atoms with Crippen molar-refractivity contribution in [3.63, 3.8) is 0 Å². The first-order chi connectivity index (χ1) is 21.8. The quantitative estimate of drug-likeness (QED) is 0.319. The first-order valence-corrected chi connectivity index (χ1v) is 17.6. The van der Waals surface area contributed by atoms with Crippen molar-refractivity contribution in [1.82, 2.24) is 19.8 Å². The van der Waals surface area contributed by atoms with Crippen LogP contribution in [0.15, 0.2) is 47.3 Å². The normalized spacial score (nSPS) is 19.8. The number of nitrogens with zero attached hydrogens (tertiary/aromatic N) is 3. The lowest BCUT2D eigenvalue weighted by Crippen LogP contribution is -2.47. The molecule has 2 heterocycles. The Hall–Kier alpha value is -3.55. The SMILES string of the molecule is CNC(=O)C1CCC(n2c(N[Si](C)c3ccc(OC(F)(F)F)cc3)nc3c(c2=O)C[C@@H](C)N(C(=O)c2ccc(Cl)c(Cl)c2)C3)CC1. The summed E-state index contributed by atoms with van der Waals surface area (Å²) in [5, 5.41) is 4.03. The van der Waals surface area contributed by atoms with Crippen LogP contribution in [0.5, 0.6) is 5.75 Å². The van der Waals surface area contributed by atoms with Crippen molar-refractivity contribution in [2.24, 2.45) is 5.92 Å².